The molecule has 1 fully saturated rings. The van der Waals surface area contributed by atoms with Crippen LogP contribution in [-0.4, -0.2) is 17.2 Å². The van der Waals surface area contributed by atoms with Gasteiger partial charge in [-0.05, 0) is 25.7 Å². The van der Waals surface area contributed by atoms with Crippen LogP contribution in [0.25, 0.3) is 0 Å². The van der Waals surface area contributed by atoms with Crippen LogP contribution in [0.15, 0.2) is 0 Å². The summed E-state index contributed by atoms with van der Waals surface area (Å²) in [5.74, 6) is -1.69. The molecule has 2 atom stereocenters. The van der Waals surface area contributed by atoms with E-state index in [0.29, 0.717) is 0 Å². The lowest BCUT2D eigenvalue weighted by Crippen LogP contribution is -2.31. The maximum absolute atomic E-state index is 13.0. The highest BCUT2D eigenvalue weighted by Gasteiger charge is 2.33. The third kappa shape index (κ3) is 2.68. The van der Waals surface area contributed by atoms with E-state index < -0.39 is 18.1 Å². The Bertz CT molecular complexity index is 174. The van der Waals surface area contributed by atoms with Gasteiger partial charge in [-0.15, -0.1) is 0 Å². The van der Waals surface area contributed by atoms with Crippen molar-refractivity contribution in [2.75, 3.05) is 0 Å². The molecular formula is C10H17FO2. The quantitative estimate of drug-likeness (QED) is 0.739. The van der Waals surface area contributed by atoms with E-state index in [1.165, 1.54) is 13.3 Å². The van der Waals surface area contributed by atoms with Crippen LogP contribution in [-0.2, 0) is 4.79 Å². The summed E-state index contributed by atoms with van der Waals surface area (Å²) in [6, 6.07) is 0. The van der Waals surface area contributed by atoms with Gasteiger partial charge in [-0.1, -0.05) is 19.3 Å². The smallest absolute Gasteiger partial charge is 0.309 e. The average molecular weight is 188 g/mol. The van der Waals surface area contributed by atoms with E-state index in [-0.39, 0.29) is 5.92 Å². The maximum atomic E-state index is 13.0. The van der Waals surface area contributed by atoms with E-state index in [2.05, 4.69) is 0 Å². The molecule has 0 aromatic heterocycles. The van der Waals surface area contributed by atoms with Crippen LogP contribution < -0.4 is 0 Å². The van der Waals surface area contributed by atoms with Gasteiger partial charge in [0.25, 0.3) is 0 Å². The van der Waals surface area contributed by atoms with Crippen molar-refractivity contribution in [2.45, 2.75) is 45.2 Å². The van der Waals surface area contributed by atoms with Crippen LogP contribution in [0.2, 0.25) is 0 Å². The number of carbonyl (C=O) groups is 1. The Morgan fingerprint density at radius 1 is 1.38 bits per heavy atom. The van der Waals surface area contributed by atoms with E-state index in [4.69, 9.17) is 5.11 Å². The Labute approximate surface area is 78.1 Å². The molecule has 0 aliphatic heterocycles. The summed E-state index contributed by atoms with van der Waals surface area (Å²) in [7, 11) is 0. The van der Waals surface area contributed by atoms with Crippen LogP contribution in [0.5, 0.6) is 0 Å². The Balaban J connectivity index is 2.57. The van der Waals surface area contributed by atoms with Gasteiger partial charge >= 0.3 is 5.97 Å². The molecule has 1 N–H and O–H groups in total. The minimum atomic E-state index is -1.22. The zero-order chi connectivity index (χ0) is 9.84. The molecule has 0 saturated heterocycles. The largest absolute Gasteiger partial charge is 0.481 e. The number of aliphatic carboxylic acids is 1. The van der Waals surface area contributed by atoms with Gasteiger partial charge in [-0.25, -0.2) is 4.39 Å². The van der Waals surface area contributed by atoms with Crippen LogP contribution in [0.3, 0.4) is 0 Å². The van der Waals surface area contributed by atoms with Gasteiger partial charge in [0.1, 0.15) is 6.17 Å². The lowest BCUT2D eigenvalue weighted by atomic mass is 9.78. The number of carboxylic acid groups (broad SMARTS) is 1. The highest BCUT2D eigenvalue weighted by molar-refractivity contribution is 5.71. The molecule has 0 radical (unpaired) electrons. The van der Waals surface area contributed by atoms with Crippen LogP contribution in [0.1, 0.15) is 39.0 Å². The van der Waals surface area contributed by atoms with Gasteiger partial charge in [0.15, 0.2) is 0 Å². The van der Waals surface area contributed by atoms with Crippen molar-refractivity contribution >= 4 is 5.97 Å². The number of hydrogen-bond acceptors (Lipinski definition) is 1. The summed E-state index contributed by atoms with van der Waals surface area (Å²) >= 11 is 0. The number of alkyl halides is 1. The normalized spacial score (nSPS) is 23.8. The molecule has 1 aliphatic rings. The summed E-state index contributed by atoms with van der Waals surface area (Å²) in [5, 5.41) is 8.86. The van der Waals surface area contributed by atoms with E-state index in [9.17, 15) is 9.18 Å². The maximum Gasteiger partial charge on any atom is 0.309 e. The van der Waals surface area contributed by atoms with Gasteiger partial charge < -0.3 is 5.11 Å². The Hall–Kier alpha value is -0.600. The van der Waals surface area contributed by atoms with E-state index in [0.717, 1.165) is 25.7 Å². The molecule has 0 bridgehead atoms. The second kappa shape index (κ2) is 4.58. The predicted octanol–water partition coefficient (Wildman–Crippen LogP) is 2.63. The van der Waals surface area contributed by atoms with Crippen molar-refractivity contribution in [3.63, 3.8) is 0 Å². The third-order valence-corrected chi connectivity index (χ3v) is 2.94. The van der Waals surface area contributed by atoms with Crippen LogP contribution in [0.4, 0.5) is 4.39 Å². The Morgan fingerprint density at radius 3 is 2.31 bits per heavy atom. The van der Waals surface area contributed by atoms with Crippen molar-refractivity contribution in [2.24, 2.45) is 11.8 Å². The van der Waals surface area contributed by atoms with Crippen molar-refractivity contribution in [3.8, 4) is 0 Å². The average Bonchev–Trinajstić information content (AvgIpc) is 2.04. The molecule has 0 amide bonds. The second-order valence-electron chi connectivity index (χ2n) is 3.94. The molecule has 0 aromatic carbocycles. The first-order chi connectivity index (χ1) is 6.13. The number of rotatable bonds is 3. The van der Waals surface area contributed by atoms with Crippen molar-refractivity contribution < 1.29 is 14.3 Å². The summed E-state index contributed by atoms with van der Waals surface area (Å²) in [6.07, 6.45) is 3.82. The minimum absolute atomic E-state index is 0.0613. The summed E-state index contributed by atoms with van der Waals surface area (Å²) < 4.78 is 13.0. The highest BCUT2D eigenvalue weighted by atomic mass is 19.1. The molecule has 0 spiro atoms. The van der Waals surface area contributed by atoms with Crippen molar-refractivity contribution in [3.05, 3.63) is 0 Å². The summed E-state index contributed by atoms with van der Waals surface area (Å²) in [6.45, 7) is 1.35. The molecule has 76 valence electrons. The van der Waals surface area contributed by atoms with E-state index >= 15 is 0 Å². The minimum Gasteiger partial charge on any atom is -0.481 e. The molecule has 2 nitrogen and oxygen atoms in total. The van der Waals surface area contributed by atoms with E-state index in [1.807, 2.05) is 0 Å². The van der Waals surface area contributed by atoms with Gasteiger partial charge in [0, 0.05) is 0 Å². The fraction of sp³-hybridized carbons (Fsp3) is 0.900. The van der Waals surface area contributed by atoms with Gasteiger partial charge in [0.05, 0.1) is 5.92 Å². The SMILES string of the molecule is CC(F)C(C(=O)O)C1CCCCC1. The molecule has 3 heteroatoms. The Morgan fingerprint density at radius 2 is 1.92 bits per heavy atom. The van der Waals surface area contributed by atoms with Gasteiger partial charge in [-0.3, -0.25) is 4.79 Å². The second-order valence-corrected chi connectivity index (χ2v) is 3.94. The number of halogens is 1. The molecule has 2 unspecified atom stereocenters. The van der Waals surface area contributed by atoms with E-state index in [1.54, 1.807) is 0 Å². The number of hydrogen-bond donors (Lipinski definition) is 1. The fourth-order valence-electron chi connectivity index (χ4n) is 2.27. The van der Waals surface area contributed by atoms with Crippen LogP contribution >= 0.6 is 0 Å². The number of carboxylic acids is 1. The topological polar surface area (TPSA) is 37.3 Å². The van der Waals surface area contributed by atoms with Crippen molar-refractivity contribution in [1.29, 1.82) is 0 Å². The zero-order valence-electron chi connectivity index (χ0n) is 8.00. The first-order valence-corrected chi connectivity index (χ1v) is 5.00. The fourth-order valence-corrected chi connectivity index (χ4v) is 2.27. The Kier molecular flexibility index (Phi) is 3.70. The lowest BCUT2D eigenvalue weighted by molar-refractivity contribution is -0.146. The lowest BCUT2D eigenvalue weighted by Gasteiger charge is -2.28. The molecule has 0 heterocycles. The first kappa shape index (κ1) is 10.5. The van der Waals surface area contributed by atoms with Crippen molar-refractivity contribution in [1.82, 2.24) is 0 Å². The van der Waals surface area contributed by atoms with Gasteiger partial charge in [-0.2, -0.15) is 0 Å². The third-order valence-electron chi connectivity index (χ3n) is 2.94. The summed E-state index contributed by atoms with van der Waals surface area (Å²) in [4.78, 5) is 10.8. The van der Waals surface area contributed by atoms with Gasteiger partial charge in [0.2, 0.25) is 0 Å². The highest BCUT2D eigenvalue weighted by Crippen LogP contribution is 2.32. The summed E-state index contributed by atoms with van der Waals surface area (Å²) in [5.41, 5.74) is 0. The molecule has 13 heavy (non-hydrogen) atoms. The molecule has 1 rings (SSSR count). The molecule has 1 saturated carbocycles. The van der Waals surface area contributed by atoms with Crippen LogP contribution in [0, 0.1) is 11.8 Å². The predicted molar refractivity (Wildman–Crippen MR) is 48.3 cm³/mol. The molecule has 1 aliphatic carbocycles. The molecular weight excluding hydrogens is 171 g/mol. The monoisotopic (exact) mass is 188 g/mol. The zero-order valence-corrected chi connectivity index (χ0v) is 8.00. The molecule has 0 aromatic rings. The standard InChI is InChI=1S/C10H17FO2/c1-7(11)9(10(12)13)8-5-3-2-4-6-8/h7-9H,2-6H2,1H3,(H,12,13). The first-order valence-electron chi connectivity index (χ1n) is 5.00.